The molecule has 2 saturated heterocycles. The molecule has 3 rings (SSSR count). The number of nitrogens with zero attached hydrogens (tertiary/aromatic N) is 5. The van der Waals surface area contributed by atoms with Crippen molar-refractivity contribution in [3.63, 3.8) is 0 Å². The van der Waals surface area contributed by atoms with Gasteiger partial charge in [0.15, 0.2) is 5.82 Å². The topological polar surface area (TPSA) is 85.4 Å². The van der Waals surface area contributed by atoms with Crippen LogP contribution in [0.4, 0.5) is 0 Å². The Hall–Kier alpha value is -1.96. The van der Waals surface area contributed by atoms with Gasteiger partial charge in [-0.3, -0.25) is 19.6 Å². The Morgan fingerprint density at radius 1 is 1.20 bits per heavy atom. The maximum Gasteiger partial charge on any atom is 0.245 e. The summed E-state index contributed by atoms with van der Waals surface area (Å²) >= 11 is 0. The molecule has 1 aromatic heterocycles. The zero-order chi connectivity index (χ0) is 18.0. The molecule has 25 heavy (non-hydrogen) atoms. The summed E-state index contributed by atoms with van der Waals surface area (Å²) in [5.74, 6) is 1.95. The number of aryl methyl sites for hydroxylation is 1. The lowest BCUT2D eigenvalue weighted by Gasteiger charge is -2.39. The highest BCUT2D eigenvalue weighted by atomic mass is 16.2. The van der Waals surface area contributed by atoms with Crippen LogP contribution in [-0.4, -0.2) is 80.5 Å². The van der Waals surface area contributed by atoms with Gasteiger partial charge in [0.05, 0.1) is 6.54 Å². The van der Waals surface area contributed by atoms with Gasteiger partial charge in [-0.15, -0.1) is 0 Å². The number of rotatable bonds is 5. The highest BCUT2D eigenvalue weighted by Gasteiger charge is 2.37. The standard InChI is InChI=1S/C17H28N6O2/c1-12(2)16(23-6-4-5-15(23)24)17(25)22-9-7-21(8-10-22)11-14-18-13(3)19-20-14/h12,16H,4-11H2,1-3H3,(H,18,19,20). The van der Waals surface area contributed by atoms with E-state index in [1.165, 1.54) is 0 Å². The molecule has 1 unspecified atom stereocenters. The van der Waals surface area contributed by atoms with Gasteiger partial charge in [0, 0.05) is 39.1 Å². The number of hydrogen-bond acceptors (Lipinski definition) is 5. The van der Waals surface area contributed by atoms with Crippen molar-refractivity contribution in [3.8, 4) is 0 Å². The number of amides is 2. The summed E-state index contributed by atoms with van der Waals surface area (Å²) in [6.07, 6.45) is 1.43. The normalized spacial score (nSPS) is 20.6. The number of likely N-dealkylation sites (tertiary alicyclic amines) is 1. The van der Waals surface area contributed by atoms with Crippen molar-refractivity contribution in [1.29, 1.82) is 0 Å². The first-order valence-electron chi connectivity index (χ1n) is 9.14. The summed E-state index contributed by atoms with van der Waals surface area (Å²) in [5, 5.41) is 7.03. The van der Waals surface area contributed by atoms with Crippen molar-refractivity contribution >= 4 is 11.8 Å². The Bertz CT molecular complexity index is 620. The molecule has 3 heterocycles. The predicted octanol–water partition coefficient (Wildman–Crippen LogP) is 0.404. The summed E-state index contributed by atoms with van der Waals surface area (Å²) in [4.78, 5) is 35.4. The van der Waals surface area contributed by atoms with Gasteiger partial charge in [-0.05, 0) is 19.3 Å². The van der Waals surface area contributed by atoms with E-state index in [0.29, 0.717) is 32.6 Å². The van der Waals surface area contributed by atoms with Gasteiger partial charge in [0.25, 0.3) is 0 Å². The van der Waals surface area contributed by atoms with Crippen molar-refractivity contribution in [2.75, 3.05) is 32.7 Å². The number of carbonyl (C=O) groups is 2. The van der Waals surface area contributed by atoms with E-state index in [0.717, 1.165) is 31.2 Å². The smallest absolute Gasteiger partial charge is 0.245 e. The maximum absolute atomic E-state index is 13.0. The SMILES string of the molecule is Cc1nc(CN2CCN(C(=O)C(C(C)C)N3CCCC3=O)CC2)n[nH]1. The van der Waals surface area contributed by atoms with Crippen LogP contribution in [-0.2, 0) is 16.1 Å². The summed E-state index contributed by atoms with van der Waals surface area (Å²) in [6.45, 7) is 10.3. The molecule has 2 amide bonds. The van der Waals surface area contributed by atoms with E-state index >= 15 is 0 Å². The zero-order valence-corrected chi connectivity index (χ0v) is 15.4. The number of aromatic amines is 1. The summed E-state index contributed by atoms with van der Waals surface area (Å²) in [5.41, 5.74) is 0. The van der Waals surface area contributed by atoms with Crippen LogP contribution in [0.1, 0.15) is 38.3 Å². The molecule has 138 valence electrons. The fraction of sp³-hybridized carbons (Fsp3) is 0.765. The number of piperazine rings is 1. The third-order valence-electron chi connectivity index (χ3n) is 5.02. The molecule has 2 fully saturated rings. The fourth-order valence-corrected chi connectivity index (χ4v) is 3.71. The zero-order valence-electron chi connectivity index (χ0n) is 15.4. The van der Waals surface area contributed by atoms with Gasteiger partial charge in [0.2, 0.25) is 11.8 Å². The molecule has 2 aliphatic heterocycles. The number of aromatic nitrogens is 3. The van der Waals surface area contributed by atoms with E-state index < -0.39 is 0 Å². The molecular formula is C17H28N6O2. The Morgan fingerprint density at radius 2 is 1.92 bits per heavy atom. The number of H-pyrrole nitrogens is 1. The first-order valence-corrected chi connectivity index (χ1v) is 9.14. The summed E-state index contributed by atoms with van der Waals surface area (Å²) in [7, 11) is 0. The van der Waals surface area contributed by atoms with E-state index in [2.05, 4.69) is 20.1 Å². The third kappa shape index (κ3) is 4.00. The van der Waals surface area contributed by atoms with Crippen LogP contribution >= 0.6 is 0 Å². The molecule has 8 heteroatoms. The van der Waals surface area contributed by atoms with Crippen molar-refractivity contribution in [2.24, 2.45) is 5.92 Å². The van der Waals surface area contributed by atoms with E-state index in [1.807, 2.05) is 25.7 Å². The highest BCUT2D eigenvalue weighted by molar-refractivity contribution is 5.89. The molecule has 0 aliphatic carbocycles. The van der Waals surface area contributed by atoms with Crippen LogP contribution in [0, 0.1) is 12.8 Å². The van der Waals surface area contributed by atoms with Gasteiger partial charge >= 0.3 is 0 Å². The second-order valence-corrected chi connectivity index (χ2v) is 7.32. The van der Waals surface area contributed by atoms with Crippen LogP contribution in [0.25, 0.3) is 0 Å². The van der Waals surface area contributed by atoms with Gasteiger partial charge in [-0.25, -0.2) is 4.98 Å². The lowest BCUT2D eigenvalue weighted by Crippen LogP contribution is -2.56. The molecule has 0 spiro atoms. The molecule has 8 nitrogen and oxygen atoms in total. The Labute approximate surface area is 148 Å². The van der Waals surface area contributed by atoms with Crippen LogP contribution in [0.2, 0.25) is 0 Å². The first-order chi connectivity index (χ1) is 12.0. The minimum Gasteiger partial charge on any atom is -0.338 e. The monoisotopic (exact) mass is 348 g/mol. The average Bonchev–Trinajstić information content (AvgIpc) is 3.17. The predicted molar refractivity (Wildman–Crippen MR) is 92.5 cm³/mol. The average molecular weight is 348 g/mol. The maximum atomic E-state index is 13.0. The Morgan fingerprint density at radius 3 is 2.44 bits per heavy atom. The van der Waals surface area contributed by atoms with Gasteiger partial charge in [0.1, 0.15) is 11.9 Å². The molecule has 1 N–H and O–H groups in total. The fourth-order valence-electron chi connectivity index (χ4n) is 3.71. The van der Waals surface area contributed by atoms with Crippen molar-refractivity contribution in [2.45, 2.75) is 46.2 Å². The van der Waals surface area contributed by atoms with E-state index in [-0.39, 0.29) is 23.8 Å². The number of hydrogen-bond donors (Lipinski definition) is 1. The number of nitrogens with one attached hydrogen (secondary N) is 1. The highest BCUT2D eigenvalue weighted by Crippen LogP contribution is 2.21. The summed E-state index contributed by atoms with van der Waals surface area (Å²) < 4.78 is 0. The van der Waals surface area contributed by atoms with Crippen molar-refractivity contribution in [3.05, 3.63) is 11.6 Å². The lowest BCUT2D eigenvalue weighted by atomic mass is 10.0. The van der Waals surface area contributed by atoms with E-state index in [9.17, 15) is 9.59 Å². The molecule has 1 atom stereocenters. The second kappa shape index (κ2) is 7.51. The van der Waals surface area contributed by atoms with Crippen LogP contribution in [0.3, 0.4) is 0 Å². The van der Waals surface area contributed by atoms with Crippen molar-refractivity contribution < 1.29 is 9.59 Å². The molecule has 0 bridgehead atoms. The van der Waals surface area contributed by atoms with Gasteiger partial charge in [-0.1, -0.05) is 13.8 Å². The molecule has 2 aliphatic rings. The largest absolute Gasteiger partial charge is 0.338 e. The molecule has 0 saturated carbocycles. The lowest BCUT2D eigenvalue weighted by molar-refractivity contribution is -0.146. The summed E-state index contributed by atoms with van der Waals surface area (Å²) in [6, 6.07) is -0.322. The number of carbonyl (C=O) groups excluding carboxylic acids is 2. The molecular weight excluding hydrogens is 320 g/mol. The minimum atomic E-state index is -0.322. The van der Waals surface area contributed by atoms with Crippen LogP contribution in [0.15, 0.2) is 0 Å². The second-order valence-electron chi connectivity index (χ2n) is 7.32. The van der Waals surface area contributed by atoms with Gasteiger partial charge in [-0.2, -0.15) is 5.10 Å². The third-order valence-corrected chi connectivity index (χ3v) is 5.02. The van der Waals surface area contributed by atoms with Gasteiger partial charge < -0.3 is 9.80 Å². The minimum absolute atomic E-state index is 0.0960. The molecule has 1 aromatic rings. The van der Waals surface area contributed by atoms with E-state index in [1.54, 1.807) is 4.90 Å². The van der Waals surface area contributed by atoms with E-state index in [4.69, 9.17) is 0 Å². The van der Waals surface area contributed by atoms with Crippen LogP contribution in [0.5, 0.6) is 0 Å². The quantitative estimate of drug-likeness (QED) is 0.833. The van der Waals surface area contributed by atoms with Crippen LogP contribution < -0.4 is 0 Å². The molecule has 0 radical (unpaired) electrons. The Balaban J connectivity index is 1.57. The first kappa shape index (κ1) is 17.8. The van der Waals surface area contributed by atoms with Crippen molar-refractivity contribution in [1.82, 2.24) is 29.9 Å². The Kier molecular flexibility index (Phi) is 5.36. The molecule has 0 aromatic carbocycles.